The highest BCUT2D eigenvalue weighted by Crippen LogP contribution is 2.40. The van der Waals surface area contributed by atoms with Crippen LogP contribution in [-0.2, 0) is 19.6 Å². The number of hydrogen-bond acceptors (Lipinski definition) is 8. The molecule has 0 atom stereocenters. The van der Waals surface area contributed by atoms with E-state index in [0.717, 1.165) is 18.8 Å². The SMILES string of the molecule is COc1cc(-c2nnc(CN3Cc4cn[nH]c4C3)o2)cc(OC)c1OC. The number of nitrogens with one attached hydrogen (secondary N) is 1. The van der Waals surface area contributed by atoms with Crippen molar-refractivity contribution in [3.05, 3.63) is 35.5 Å². The average molecular weight is 357 g/mol. The van der Waals surface area contributed by atoms with Crippen LogP contribution in [0.25, 0.3) is 11.5 Å². The van der Waals surface area contributed by atoms with Crippen molar-refractivity contribution in [1.29, 1.82) is 0 Å². The van der Waals surface area contributed by atoms with Crippen molar-refractivity contribution in [2.24, 2.45) is 0 Å². The van der Waals surface area contributed by atoms with Crippen LogP contribution >= 0.6 is 0 Å². The maximum atomic E-state index is 5.84. The first-order valence-corrected chi connectivity index (χ1v) is 8.08. The standard InChI is InChI=1S/C17H19N5O4/c1-23-13-4-10(5-14(24-2)16(13)25-3)17-21-20-15(26-17)9-22-7-11-6-18-19-12(11)8-22/h4-6H,7-9H2,1-3H3,(H,18,19). The van der Waals surface area contributed by atoms with Crippen LogP contribution in [0.5, 0.6) is 17.2 Å². The van der Waals surface area contributed by atoms with E-state index in [4.69, 9.17) is 18.6 Å². The number of hydrogen-bond donors (Lipinski definition) is 1. The molecule has 0 unspecified atom stereocenters. The Bertz CT molecular complexity index is 874. The fourth-order valence-electron chi connectivity index (χ4n) is 3.07. The molecule has 9 heteroatoms. The first-order chi connectivity index (χ1) is 12.7. The highest BCUT2D eigenvalue weighted by Gasteiger charge is 2.23. The lowest BCUT2D eigenvalue weighted by atomic mass is 10.2. The summed E-state index contributed by atoms with van der Waals surface area (Å²) in [7, 11) is 4.69. The molecule has 0 aliphatic carbocycles. The first kappa shape index (κ1) is 16.4. The molecule has 0 fully saturated rings. The van der Waals surface area contributed by atoms with Crippen molar-refractivity contribution < 1.29 is 18.6 Å². The van der Waals surface area contributed by atoms with E-state index in [1.807, 2.05) is 6.20 Å². The van der Waals surface area contributed by atoms with Crippen LogP contribution in [0.4, 0.5) is 0 Å². The van der Waals surface area contributed by atoms with Gasteiger partial charge in [0.25, 0.3) is 0 Å². The Balaban J connectivity index is 1.55. The van der Waals surface area contributed by atoms with E-state index in [-0.39, 0.29) is 0 Å². The van der Waals surface area contributed by atoms with Crippen LogP contribution in [-0.4, -0.2) is 46.6 Å². The predicted octanol–water partition coefficient (Wildman–Crippen LogP) is 2.00. The first-order valence-electron chi connectivity index (χ1n) is 8.08. The van der Waals surface area contributed by atoms with E-state index in [0.29, 0.717) is 41.1 Å². The largest absolute Gasteiger partial charge is 0.493 e. The van der Waals surface area contributed by atoms with Gasteiger partial charge in [0.15, 0.2) is 11.5 Å². The third-order valence-electron chi connectivity index (χ3n) is 4.32. The second-order valence-electron chi connectivity index (χ2n) is 5.93. The van der Waals surface area contributed by atoms with Crippen LogP contribution in [0.3, 0.4) is 0 Å². The van der Waals surface area contributed by atoms with E-state index in [1.54, 1.807) is 33.5 Å². The Morgan fingerprint density at radius 1 is 1.08 bits per heavy atom. The minimum Gasteiger partial charge on any atom is -0.493 e. The zero-order chi connectivity index (χ0) is 18.1. The molecule has 3 heterocycles. The number of ether oxygens (including phenoxy) is 3. The molecule has 0 saturated heterocycles. The molecule has 1 aromatic carbocycles. The molecule has 3 aromatic rings. The van der Waals surface area contributed by atoms with Gasteiger partial charge in [-0.2, -0.15) is 5.10 Å². The number of aromatic amines is 1. The van der Waals surface area contributed by atoms with Gasteiger partial charge in [-0.05, 0) is 12.1 Å². The van der Waals surface area contributed by atoms with E-state index in [1.165, 1.54) is 5.56 Å². The van der Waals surface area contributed by atoms with Gasteiger partial charge in [0, 0.05) is 24.2 Å². The fourth-order valence-corrected chi connectivity index (χ4v) is 3.07. The van der Waals surface area contributed by atoms with Crippen molar-refractivity contribution in [1.82, 2.24) is 25.3 Å². The van der Waals surface area contributed by atoms with E-state index in [9.17, 15) is 0 Å². The van der Waals surface area contributed by atoms with Crippen LogP contribution in [0.2, 0.25) is 0 Å². The Kier molecular flexibility index (Phi) is 4.21. The lowest BCUT2D eigenvalue weighted by Crippen LogP contribution is -2.16. The van der Waals surface area contributed by atoms with Gasteiger partial charge in [-0.25, -0.2) is 0 Å². The van der Waals surface area contributed by atoms with Crippen molar-refractivity contribution in [3.8, 4) is 28.7 Å². The van der Waals surface area contributed by atoms with Crippen molar-refractivity contribution in [2.45, 2.75) is 19.6 Å². The molecular formula is C17H19N5O4. The number of H-pyrrole nitrogens is 1. The second kappa shape index (κ2) is 6.68. The summed E-state index contributed by atoms with van der Waals surface area (Å²) < 4.78 is 21.9. The monoisotopic (exact) mass is 357 g/mol. The van der Waals surface area contributed by atoms with E-state index >= 15 is 0 Å². The molecule has 2 aromatic heterocycles. The van der Waals surface area contributed by atoms with Gasteiger partial charge in [-0.1, -0.05) is 0 Å². The highest BCUT2D eigenvalue weighted by molar-refractivity contribution is 5.65. The molecule has 1 aliphatic rings. The maximum Gasteiger partial charge on any atom is 0.248 e. The summed E-state index contributed by atoms with van der Waals surface area (Å²) in [5.41, 5.74) is 3.04. The smallest absolute Gasteiger partial charge is 0.248 e. The summed E-state index contributed by atoms with van der Waals surface area (Å²) >= 11 is 0. The summed E-state index contributed by atoms with van der Waals surface area (Å²) in [4.78, 5) is 2.20. The van der Waals surface area contributed by atoms with Crippen LogP contribution in [0.15, 0.2) is 22.7 Å². The molecular weight excluding hydrogens is 338 g/mol. The molecule has 0 saturated carbocycles. The third kappa shape index (κ3) is 2.86. The number of fused-ring (bicyclic) bond motifs is 1. The molecule has 0 bridgehead atoms. The number of aromatic nitrogens is 4. The molecule has 9 nitrogen and oxygen atoms in total. The Morgan fingerprint density at radius 3 is 2.50 bits per heavy atom. The molecule has 0 amide bonds. The summed E-state index contributed by atoms with van der Waals surface area (Å²) in [6.07, 6.45) is 1.85. The van der Waals surface area contributed by atoms with Gasteiger partial charge in [0.2, 0.25) is 17.5 Å². The van der Waals surface area contributed by atoms with Gasteiger partial charge < -0.3 is 18.6 Å². The predicted molar refractivity (Wildman–Crippen MR) is 90.9 cm³/mol. The van der Waals surface area contributed by atoms with Crippen LogP contribution in [0, 0.1) is 0 Å². The topological polar surface area (TPSA) is 98.5 Å². The Labute approximate surface area is 149 Å². The maximum absolute atomic E-state index is 5.84. The summed E-state index contributed by atoms with van der Waals surface area (Å²) in [5, 5.41) is 15.4. The highest BCUT2D eigenvalue weighted by atomic mass is 16.5. The van der Waals surface area contributed by atoms with Crippen LogP contribution in [0.1, 0.15) is 17.1 Å². The Hall–Kier alpha value is -3.07. The minimum atomic E-state index is 0.402. The van der Waals surface area contributed by atoms with Gasteiger partial charge in [-0.15, -0.1) is 10.2 Å². The quantitative estimate of drug-likeness (QED) is 0.715. The van der Waals surface area contributed by atoms with Gasteiger partial charge in [-0.3, -0.25) is 10.00 Å². The molecule has 26 heavy (non-hydrogen) atoms. The third-order valence-corrected chi connectivity index (χ3v) is 4.32. The fraction of sp³-hybridized carbons (Fsp3) is 0.353. The Morgan fingerprint density at radius 2 is 1.85 bits per heavy atom. The van der Waals surface area contributed by atoms with Gasteiger partial charge >= 0.3 is 0 Å². The van der Waals surface area contributed by atoms with Gasteiger partial charge in [0.1, 0.15) is 0 Å². The zero-order valence-electron chi connectivity index (χ0n) is 14.8. The van der Waals surface area contributed by atoms with E-state index < -0.39 is 0 Å². The zero-order valence-corrected chi connectivity index (χ0v) is 14.8. The lowest BCUT2D eigenvalue weighted by molar-refractivity contribution is 0.243. The second-order valence-corrected chi connectivity index (χ2v) is 5.93. The van der Waals surface area contributed by atoms with Crippen molar-refractivity contribution >= 4 is 0 Å². The van der Waals surface area contributed by atoms with Gasteiger partial charge in [0.05, 0.1) is 39.8 Å². The summed E-state index contributed by atoms with van der Waals surface area (Å²) in [5.74, 6) is 2.54. The molecule has 0 spiro atoms. The number of methoxy groups -OCH3 is 3. The van der Waals surface area contributed by atoms with E-state index in [2.05, 4.69) is 25.3 Å². The molecule has 136 valence electrons. The normalized spacial score (nSPS) is 13.7. The lowest BCUT2D eigenvalue weighted by Gasteiger charge is -2.13. The van der Waals surface area contributed by atoms with Crippen molar-refractivity contribution in [3.63, 3.8) is 0 Å². The molecule has 1 aliphatic heterocycles. The molecule has 0 radical (unpaired) electrons. The number of rotatable bonds is 6. The van der Waals surface area contributed by atoms with Crippen LogP contribution < -0.4 is 14.2 Å². The minimum absolute atomic E-state index is 0.402. The molecule has 1 N–H and O–H groups in total. The van der Waals surface area contributed by atoms with Crippen molar-refractivity contribution in [2.75, 3.05) is 21.3 Å². The number of nitrogens with zero attached hydrogens (tertiary/aromatic N) is 4. The summed E-state index contributed by atoms with van der Waals surface area (Å²) in [6.45, 7) is 2.17. The average Bonchev–Trinajstić information content (AvgIpc) is 3.37. The molecule has 4 rings (SSSR count). The summed E-state index contributed by atoms with van der Waals surface area (Å²) in [6, 6.07) is 3.57. The number of benzene rings is 1.